The molecule has 0 aromatic heterocycles. The summed E-state index contributed by atoms with van der Waals surface area (Å²) in [5.41, 5.74) is 6.67. The standard InChI is InChI=1S/C14H15ClN2O/c1-3-5-11(6-4-2)14(18)17-16-13-9-7-12(15)8-10-13/h3-10,16H,1H2,2H3,(H,17,18)/b6-4-,11-5+. The van der Waals surface area contributed by atoms with E-state index in [1.807, 2.05) is 6.92 Å². The largest absolute Gasteiger partial charge is 0.298 e. The van der Waals surface area contributed by atoms with Crippen molar-refractivity contribution in [3.8, 4) is 0 Å². The van der Waals surface area contributed by atoms with Crippen molar-refractivity contribution in [1.82, 2.24) is 5.43 Å². The molecule has 0 heterocycles. The molecule has 0 atom stereocenters. The molecule has 0 radical (unpaired) electrons. The molecule has 0 spiro atoms. The minimum Gasteiger partial charge on any atom is -0.298 e. The van der Waals surface area contributed by atoms with E-state index in [-0.39, 0.29) is 5.91 Å². The van der Waals surface area contributed by atoms with Crippen LogP contribution in [0.25, 0.3) is 0 Å². The van der Waals surface area contributed by atoms with Crippen molar-refractivity contribution >= 4 is 23.2 Å². The van der Waals surface area contributed by atoms with E-state index in [0.717, 1.165) is 5.69 Å². The molecule has 0 saturated carbocycles. The molecule has 1 aromatic rings. The van der Waals surface area contributed by atoms with Crippen LogP contribution < -0.4 is 10.9 Å². The molecule has 18 heavy (non-hydrogen) atoms. The third-order valence-corrected chi connectivity index (χ3v) is 2.32. The summed E-state index contributed by atoms with van der Waals surface area (Å²) in [4.78, 5) is 11.8. The van der Waals surface area contributed by atoms with Crippen LogP contribution in [0, 0.1) is 0 Å². The molecule has 3 nitrogen and oxygen atoms in total. The van der Waals surface area contributed by atoms with Crippen LogP contribution in [0.4, 0.5) is 5.69 Å². The zero-order valence-electron chi connectivity index (χ0n) is 10.1. The van der Waals surface area contributed by atoms with Gasteiger partial charge in [-0.2, -0.15) is 0 Å². The predicted octanol–water partition coefficient (Wildman–Crippen LogP) is 3.47. The molecule has 0 aliphatic carbocycles. The lowest BCUT2D eigenvalue weighted by Gasteiger charge is -2.08. The summed E-state index contributed by atoms with van der Waals surface area (Å²) in [5.74, 6) is -0.233. The zero-order chi connectivity index (χ0) is 13.4. The van der Waals surface area contributed by atoms with E-state index in [0.29, 0.717) is 10.6 Å². The van der Waals surface area contributed by atoms with Gasteiger partial charge in [-0.1, -0.05) is 36.4 Å². The monoisotopic (exact) mass is 262 g/mol. The molecule has 1 amide bonds. The lowest BCUT2D eigenvalue weighted by molar-refractivity contribution is -0.116. The van der Waals surface area contributed by atoms with E-state index in [2.05, 4.69) is 17.4 Å². The van der Waals surface area contributed by atoms with Crippen molar-refractivity contribution < 1.29 is 4.79 Å². The zero-order valence-corrected chi connectivity index (χ0v) is 10.9. The Morgan fingerprint density at radius 2 is 2.00 bits per heavy atom. The molecule has 1 aromatic carbocycles. The molecule has 1 rings (SSSR count). The van der Waals surface area contributed by atoms with Crippen molar-refractivity contribution in [2.24, 2.45) is 0 Å². The number of rotatable bonds is 5. The highest BCUT2D eigenvalue weighted by Gasteiger charge is 2.04. The van der Waals surface area contributed by atoms with Crippen LogP contribution in [0.15, 0.2) is 60.7 Å². The third-order valence-electron chi connectivity index (χ3n) is 2.07. The highest BCUT2D eigenvalue weighted by atomic mass is 35.5. The van der Waals surface area contributed by atoms with E-state index in [9.17, 15) is 4.79 Å². The van der Waals surface area contributed by atoms with Crippen molar-refractivity contribution in [2.45, 2.75) is 6.92 Å². The Morgan fingerprint density at radius 3 is 2.56 bits per heavy atom. The molecular formula is C14H15ClN2O. The summed E-state index contributed by atoms with van der Waals surface area (Å²) in [6.07, 6.45) is 6.70. The lowest BCUT2D eigenvalue weighted by Crippen LogP contribution is -2.30. The molecule has 4 heteroatoms. The quantitative estimate of drug-likeness (QED) is 0.485. The number of anilines is 1. The minimum atomic E-state index is -0.233. The summed E-state index contributed by atoms with van der Waals surface area (Å²) in [5, 5.41) is 0.646. The summed E-state index contributed by atoms with van der Waals surface area (Å²) in [6, 6.07) is 7.02. The molecule has 94 valence electrons. The Morgan fingerprint density at radius 1 is 1.33 bits per heavy atom. The maximum Gasteiger partial charge on any atom is 0.269 e. The Labute approximate surface area is 112 Å². The first-order valence-electron chi connectivity index (χ1n) is 5.44. The Balaban J connectivity index is 2.62. The first-order valence-corrected chi connectivity index (χ1v) is 5.82. The number of carbonyl (C=O) groups excluding carboxylic acids is 1. The third kappa shape index (κ3) is 4.47. The maximum atomic E-state index is 11.8. The molecule has 2 N–H and O–H groups in total. The number of allylic oxidation sites excluding steroid dienone is 3. The van der Waals surface area contributed by atoms with Gasteiger partial charge in [0.05, 0.1) is 5.69 Å². The molecular weight excluding hydrogens is 248 g/mol. The van der Waals surface area contributed by atoms with E-state index in [1.165, 1.54) is 0 Å². The van der Waals surface area contributed by atoms with Gasteiger partial charge in [0.15, 0.2) is 0 Å². The van der Waals surface area contributed by atoms with Gasteiger partial charge >= 0.3 is 0 Å². The van der Waals surface area contributed by atoms with Gasteiger partial charge in [0.25, 0.3) is 5.91 Å². The number of carbonyl (C=O) groups is 1. The van der Waals surface area contributed by atoms with Crippen LogP contribution in [-0.2, 0) is 4.79 Å². The summed E-state index contributed by atoms with van der Waals surface area (Å²) in [7, 11) is 0. The van der Waals surface area contributed by atoms with E-state index in [4.69, 9.17) is 11.6 Å². The van der Waals surface area contributed by atoms with E-state index < -0.39 is 0 Å². The van der Waals surface area contributed by atoms with Gasteiger partial charge in [0, 0.05) is 10.6 Å². The van der Waals surface area contributed by atoms with Crippen LogP contribution >= 0.6 is 11.6 Å². The highest BCUT2D eigenvalue weighted by Crippen LogP contribution is 2.12. The number of hydrazine groups is 1. The van der Waals surface area contributed by atoms with Crippen molar-refractivity contribution in [2.75, 3.05) is 5.43 Å². The van der Waals surface area contributed by atoms with Gasteiger partial charge in [0.1, 0.15) is 0 Å². The van der Waals surface area contributed by atoms with Crippen LogP contribution in [0.3, 0.4) is 0 Å². The first kappa shape index (κ1) is 14.1. The Hall–Kier alpha value is -2.00. The van der Waals surface area contributed by atoms with Gasteiger partial charge in [0.2, 0.25) is 0 Å². The van der Waals surface area contributed by atoms with Crippen LogP contribution in [-0.4, -0.2) is 5.91 Å². The number of hydrogen-bond donors (Lipinski definition) is 2. The van der Waals surface area contributed by atoms with Gasteiger partial charge in [-0.3, -0.25) is 15.6 Å². The van der Waals surface area contributed by atoms with Gasteiger partial charge < -0.3 is 0 Å². The normalized spacial score (nSPS) is 11.3. The van der Waals surface area contributed by atoms with Crippen molar-refractivity contribution in [3.63, 3.8) is 0 Å². The predicted molar refractivity (Wildman–Crippen MR) is 76.3 cm³/mol. The fourth-order valence-corrected chi connectivity index (χ4v) is 1.37. The van der Waals surface area contributed by atoms with E-state index >= 15 is 0 Å². The second-order valence-electron chi connectivity index (χ2n) is 3.44. The number of nitrogens with one attached hydrogen (secondary N) is 2. The number of benzene rings is 1. The average Bonchev–Trinajstić information content (AvgIpc) is 2.37. The average molecular weight is 263 g/mol. The summed E-state index contributed by atoms with van der Waals surface area (Å²) >= 11 is 5.76. The SMILES string of the molecule is C=C/C=C(\C=C/C)C(=O)NNc1ccc(Cl)cc1. The number of amides is 1. The van der Waals surface area contributed by atoms with Crippen molar-refractivity contribution in [1.29, 1.82) is 0 Å². The van der Waals surface area contributed by atoms with Crippen LogP contribution in [0.5, 0.6) is 0 Å². The minimum absolute atomic E-state index is 0.233. The molecule has 0 aliphatic heterocycles. The second kappa shape index (κ2) is 7.35. The van der Waals surface area contributed by atoms with Crippen LogP contribution in [0.2, 0.25) is 5.02 Å². The molecule has 0 fully saturated rings. The fraction of sp³-hybridized carbons (Fsp3) is 0.0714. The Bertz CT molecular complexity index is 475. The summed E-state index contributed by atoms with van der Waals surface area (Å²) in [6.45, 7) is 5.41. The van der Waals surface area contributed by atoms with Gasteiger partial charge in [-0.15, -0.1) is 0 Å². The highest BCUT2D eigenvalue weighted by molar-refractivity contribution is 6.30. The second-order valence-corrected chi connectivity index (χ2v) is 3.88. The van der Waals surface area contributed by atoms with E-state index in [1.54, 1.807) is 48.6 Å². The molecule has 0 unspecified atom stereocenters. The first-order chi connectivity index (χ1) is 8.67. The van der Waals surface area contributed by atoms with Gasteiger partial charge in [-0.05, 0) is 37.3 Å². The number of halogens is 1. The topological polar surface area (TPSA) is 41.1 Å². The molecule has 0 bridgehead atoms. The summed E-state index contributed by atoms with van der Waals surface area (Å²) < 4.78 is 0. The fourth-order valence-electron chi connectivity index (χ4n) is 1.25. The van der Waals surface area contributed by atoms with Crippen molar-refractivity contribution in [3.05, 3.63) is 65.7 Å². The number of hydrogen-bond acceptors (Lipinski definition) is 2. The Kier molecular flexibility index (Phi) is 5.74. The van der Waals surface area contributed by atoms with Gasteiger partial charge in [-0.25, -0.2) is 0 Å². The smallest absolute Gasteiger partial charge is 0.269 e. The lowest BCUT2D eigenvalue weighted by atomic mass is 10.2. The molecule has 0 saturated heterocycles. The molecule has 0 aliphatic rings. The maximum absolute atomic E-state index is 11.8. The van der Waals surface area contributed by atoms with Crippen LogP contribution in [0.1, 0.15) is 6.92 Å².